The molecule has 2 aromatic heterocycles. The second-order valence-corrected chi connectivity index (χ2v) is 12.0. The van der Waals surface area contributed by atoms with Gasteiger partial charge >= 0.3 is 0 Å². The van der Waals surface area contributed by atoms with Crippen molar-refractivity contribution in [3.8, 4) is 0 Å². The first-order valence-corrected chi connectivity index (χ1v) is 15.1. The van der Waals surface area contributed by atoms with Crippen molar-refractivity contribution >= 4 is 60.0 Å². The van der Waals surface area contributed by atoms with E-state index < -0.39 is 10.1 Å². The number of fused-ring (bicyclic) bond motifs is 2. The number of benzene rings is 3. The Balaban J connectivity index is 0.000000310. The van der Waals surface area contributed by atoms with Crippen LogP contribution in [0, 0.1) is 13.8 Å². The molecule has 0 fully saturated rings. The number of rotatable bonds is 7. The van der Waals surface area contributed by atoms with Crippen LogP contribution in [0.4, 0.5) is 5.82 Å². The van der Waals surface area contributed by atoms with Crippen LogP contribution in [-0.2, 0) is 28.1 Å². The monoisotopic (exact) mass is 606 g/mol. The standard InChI is InChI=1S/C24H22N2O4S.C7H8O3S/c1-13-21-16(12-30-3)7-8-17(14(2)28)23(21)31-22(13)24(29)26-20-10-9-18-15(11-27)5-4-6-19(18)25-20;1-6-2-4-7(5-3-6)11(8,9)10/h4-10,27H,11-12H2,1-3H3,(H,25,26,29);2-5H,1H3,(H,8,9,10). The Bertz CT molecular complexity index is 1900. The van der Waals surface area contributed by atoms with Crippen LogP contribution in [0.2, 0.25) is 0 Å². The second-order valence-electron chi connectivity index (χ2n) is 9.60. The van der Waals surface area contributed by atoms with E-state index in [1.165, 1.54) is 30.4 Å². The molecule has 0 bridgehead atoms. The van der Waals surface area contributed by atoms with Crippen molar-refractivity contribution in [3.63, 3.8) is 0 Å². The lowest BCUT2D eigenvalue weighted by atomic mass is 10.0. The number of aryl methyl sites for hydroxylation is 2. The summed E-state index contributed by atoms with van der Waals surface area (Å²) in [6.45, 7) is 5.58. The number of aliphatic hydroxyl groups excluding tert-OH is 1. The fourth-order valence-corrected chi connectivity index (χ4v) is 6.30. The number of anilines is 1. The number of aliphatic hydroxyl groups is 1. The molecule has 218 valence electrons. The van der Waals surface area contributed by atoms with Gasteiger partial charge in [0.15, 0.2) is 5.78 Å². The maximum absolute atomic E-state index is 13.1. The number of amides is 1. The first kappa shape index (κ1) is 30.9. The third-order valence-electron chi connectivity index (χ3n) is 6.60. The number of Topliss-reactive ketones (excluding diaryl/α,β-unsaturated/α-hetero) is 1. The molecule has 1 amide bonds. The van der Waals surface area contributed by atoms with Crippen LogP contribution < -0.4 is 5.32 Å². The third kappa shape index (κ3) is 6.72. The van der Waals surface area contributed by atoms with Gasteiger partial charge in [0.2, 0.25) is 0 Å². The van der Waals surface area contributed by atoms with Crippen LogP contribution in [0.5, 0.6) is 0 Å². The molecule has 0 unspecified atom stereocenters. The zero-order valence-electron chi connectivity index (χ0n) is 23.5. The molecule has 11 heteroatoms. The first-order valence-electron chi connectivity index (χ1n) is 12.8. The number of ether oxygens (including phenoxy) is 1. The van der Waals surface area contributed by atoms with Gasteiger partial charge in [0, 0.05) is 28.1 Å². The average molecular weight is 607 g/mol. The van der Waals surface area contributed by atoms with E-state index in [-0.39, 0.29) is 23.2 Å². The van der Waals surface area contributed by atoms with E-state index in [0.717, 1.165) is 37.7 Å². The molecule has 0 radical (unpaired) electrons. The Hall–Kier alpha value is -4.00. The molecular formula is C31H30N2O7S2. The number of carbonyl (C=O) groups is 2. The minimum atomic E-state index is -4.02. The van der Waals surface area contributed by atoms with Gasteiger partial charge in [-0.25, -0.2) is 4.98 Å². The van der Waals surface area contributed by atoms with Crippen LogP contribution in [0.15, 0.2) is 71.6 Å². The fraction of sp³-hybridized carbons (Fsp3) is 0.194. The molecule has 0 spiro atoms. The predicted molar refractivity (Wildman–Crippen MR) is 164 cm³/mol. The topological polar surface area (TPSA) is 143 Å². The number of methoxy groups -OCH3 is 1. The summed E-state index contributed by atoms with van der Waals surface area (Å²) in [5, 5.41) is 14.1. The highest BCUT2D eigenvalue weighted by atomic mass is 32.2. The lowest BCUT2D eigenvalue weighted by Crippen LogP contribution is -2.12. The Morgan fingerprint density at radius 1 is 0.976 bits per heavy atom. The van der Waals surface area contributed by atoms with Gasteiger partial charge in [-0.2, -0.15) is 8.42 Å². The van der Waals surface area contributed by atoms with Gasteiger partial charge in [-0.05, 0) is 73.9 Å². The molecule has 0 saturated heterocycles. The summed E-state index contributed by atoms with van der Waals surface area (Å²) in [6.07, 6.45) is 0. The Labute approximate surface area is 247 Å². The van der Waals surface area contributed by atoms with Crippen LogP contribution >= 0.6 is 11.3 Å². The van der Waals surface area contributed by atoms with E-state index in [2.05, 4.69) is 10.3 Å². The number of hydrogen-bond donors (Lipinski definition) is 3. The van der Waals surface area contributed by atoms with Gasteiger partial charge in [-0.3, -0.25) is 14.1 Å². The van der Waals surface area contributed by atoms with E-state index in [9.17, 15) is 23.1 Å². The van der Waals surface area contributed by atoms with Crippen molar-refractivity contribution in [2.24, 2.45) is 0 Å². The molecule has 3 N–H and O–H groups in total. The van der Waals surface area contributed by atoms with Crippen molar-refractivity contribution in [2.45, 2.75) is 38.9 Å². The minimum Gasteiger partial charge on any atom is -0.392 e. The van der Waals surface area contributed by atoms with Gasteiger partial charge < -0.3 is 15.2 Å². The molecule has 9 nitrogen and oxygen atoms in total. The highest BCUT2D eigenvalue weighted by Crippen LogP contribution is 2.37. The maximum Gasteiger partial charge on any atom is 0.294 e. The predicted octanol–water partition coefficient (Wildman–Crippen LogP) is 6.09. The number of aromatic nitrogens is 1. The summed E-state index contributed by atoms with van der Waals surface area (Å²) in [4.78, 5) is 30.2. The number of pyridine rings is 1. The van der Waals surface area contributed by atoms with Crippen molar-refractivity contribution in [1.29, 1.82) is 0 Å². The number of ketones is 1. The normalized spacial score (nSPS) is 11.3. The van der Waals surface area contributed by atoms with Crippen LogP contribution in [0.25, 0.3) is 21.0 Å². The zero-order valence-corrected chi connectivity index (χ0v) is 25.1. The summed E-state index contributed by atoms with van der Waals surface area (Å²) < 4.78 is 35.7. The minimum absolute atomic E-state index is 0.0435. The largest absolute Gasteiger partial charge is 0.392 e. The summed E-state index contributed by atoms with van der Waals surface area (Å²) in [7, 11) is -2.40. The molecular weight excluding hydrogens is 576 g/mol. The Kier molecular flexibility index (Phi) is 9.50. The van der Waals surface area contributed by atoms with Crippen LogP contribution in [0.1, 0.15) is 49.2 Å². The summed E-state index contributed by atoms with van der Waals surface area (Å²) in [5.74, 6) is 0.105. The zero-order chi connectivity index (χ0) is 30.6. The van der Waals surface area contributed by atoms with E-state index in [4.69, 9.17) is 9.29 Å². The maximum atomic E-state index is 13.1. The van der Waals surface area contributed by atoms with E-state index in [1.807, 2.05) is 44.2 Å². The molecule has 0 aliphatic heterocycles. The molecule has 5 rings (SSSR count). The lowest BCUT2D eigenvalue weighted by molar-refractivity contribution is 0.101. The van der Waals surface area contributed by atoms with Crippen molar-refractivity contribution in [1.82, 2.24) is 4.98 Å². The van der Waals surface area contributed by atoms with Crippen molar-refractivity contribution in [3.05, 3.63) is 99.4 Å². The lowest BCUT2D eigenvalue weighted by Gasteiger charge is -2.08. The van der Waals surface area contributed by atoms with E-state index >= 15 is 0 Å². The molecule has 0 atom stereocenters. The van der Waals surface area contributed by atoms with E-state index in [1.54, 1.807) is 31.4 Å². The van der Waals surface area contributed by atoms with E-state index in [0.29, 0.717) is 28.4 Å². The van der Waals surface area contributed by atoms with Gasteiger partial charge in [0.1, 0.15) is 5.82 Å². The number of carbonyl (C=O) groups excluding carboxylic acids is 2. The fourth-order valence-electron chi connectivity index (χ4n) is 4.51. The van der Waals surface area contributed by atoms with Crippen molar-refractivity contribution in [2.75, 3.05) is 12.4 Å². The van der Waals surface area contributed by atoms with Gasteiger partial charge in [-0.1, -0.05) is 35.9 Å². The third-order valence-corrected chi connectivity index (χ3v) is 8.79. The van der Waals surface area contributed by atoms with Gasteiger partial charge in [0.05, 0.1) is 28.5 Å². The SMILES string of the molecule is COCc1ccc(C(C)=O)c2sc(C(=O)Nc3ccc4c(CO)cccc4n3)c(C)c12.Cc1ccc(S(=O)(=O)O)cc1. The summed E-state index contributed by atoms with van der Waals surface area (Å²) in [6, 6.07) is 18.7. The van der Waals surface area contributed by atoms with Crippen LogP contribution in [-0.4, -0.2) is 41.9 Å². The molecule has 42 heavy (non-hydrogen) atoms. The van der Waals surface area contributed by atoms with Crippen LogP contribution in [0.3, 0.4) is 0 Å². The summed E-state index contributed by atoms with van der Waals surface area (Å²) >= 11 is 1.31. The number of nitrogens with zero attached hydrogens (tertiary/aromatic N) is 1. The molecule has 3 aromatic carbocycles. The second kappa shape index (κ2) is 12.9. The highest BCUT2D eigenvalue weighted by molar-refractivity contribution is 7.85. The molecule has 0 aliphatic carbocycles. The average Bonchev–Trinajstić information content (AvgIpc) is 3.30. The number of hydrogen-bond acceptors (Lipinski definition) is 8. The number of thiophene rings is 1. The molecule has 0 aliphatic rings. The highest BCUT2D eigenvalue weighted by Gasteiger charge is 2.21. The van der Waals surface area contributed by atoms with Gasteiger partial charge in [0.25, 0.3) is 16.0 Å². The quantitative estimate of drug-likeness (QED) is 0.149. The first-order chi connectivity index (χ1) is 19.9. The Morgan fingerprint density at radius 3 is 2.31 bits per heavy atom. The van der Waals surface area contributed by atoms with Crippen molar-refractivity contribution < 1.29 is 32.4 Å². The molecule has 0 saturated carbocycles. The summed E-state index contributed by atoms with van der Waals surface area (Å²) in [5.41, 5.74) is 4.79. The number of nitrogens with one attached hydrogen (secondary N) is 1. The Morgan fingerprint density at radius 2 is 1.69 bits per heavy atom. The smallest absolute Gasteiger partial charge is 0.294 e. The molecule has 2 heterocycles. The van der Waals surface area contributed by atoms with Gasteiger partial charge in [-0.15, -0.1) is 11.3 Å². The molecule has 5 aromatic rings.